The molecule has 0 saturated heterocycles. The SMILES string of the molecule is CC(C)[C@H]1ON(c2ccccc2)C(c2ccccc2)=C1CC(=O)OC(C)(C)C. The highest BCUT2D eigenvalue weighted by Gasteiger charge is 2.38. The first-order valence-electron chi connectivity index (χ1n) is 9.78. The van der Waals surface area contributed by atoms with Gasteiger partial charge in [-0.05, 0) is 44.4 Å². The van der Waals surface area contributed by atoms with Crippen molar-refractivity contribution in [3.8, 4) is 0 Å². The lowest BCUT2D eigenvalue weighted by Crippen LogP contribution is -2.27. The fraction of sp³-hybridized carbons (Fsp3) is 0.375. The molecule has 1 aliphatic rings. The van der Waals surface area contributed by atoms with Gasteiger partial charge in [-0.3, -0.25) is 9.63 Å². The summed E-state index contributed by atoms with van der Waals surface area (Å²) in [4.78, 5) is 19.0. The van der Waals surface area contributed by atoms with Crippen LogP contribution in [0.4, 0.5) is 5.69 Å². The zero-order valence-electron chi connectivity index (χ0n) is 17.3. The molecule has 0 aliphatic carbocycles. The molecule has 4 nitrogen and oxygen atoms in total. The summed E-state index contributed by atoms with van der Waals surface area (Å²) < 4.78 is 5.61. The third-order valence-corrected chi connectivity index (χ3v) is 4.47. The molecular formula is C24H29NO3. The number of para-hydroxylation sites is 1. The van der Waals surface area contributed by atoms with Gasteiger partial charge in [-0.2, -0.15) is 0 Å². The van der Waals surface area contributed by atoms with Crippen LogP contribution >= 0.6 is 0 Å². The fourth-order valence-electron chi connectivity index (χ4n) is 3.39. The monoisotopic (exact) mass is 379 g/mol. The number of hydrogen-bond acceptors (Lipinski definition) is 4. The second-order valence-corrected chi connectivity index (χ2v) is 8.40. The number of benzene rings is 2. The number of hydrogen-bond donors (Lipinski definition) is 0. The molecule has 0 amide bonds. The van der Waals surface area contributed by atoms with Crippen LogP contribution in [-0.2, 0) is 14.4 Å². The Morgan fingerprint density at radius 1 is 1.04 bits per heavy atom. The molecule has 0 fully saturated rings. The van der Waals surface area contributed by atoms with E-state index in [0.717, 1.165) is 22.5 Å². The number of anilines is 1. The molecule has 0 unspecified atom stereocenters. The van der Waals surface area contributed by atoms with Gasteiger partial charge < -0.3 is 4.74 Å². The van der Waals surface area contributed by atoms with E-state index in [9.17, 15) is 4.79 Å². The van der Waals surface area contributed by atoms with Gasteiger partial charge in [-0.25, -0.2) is 5.06 Å². The predicted octanol–water partition coefficient (Wildman–Crippen LogP) is 5.61. The summed E-state index contributed by atoms with van der Waals surface area (Å²) in [6.45, 7) is 9.88. The summed E-state index contributed by atoms with van der Waals surface area (Å²) in [7, 11) is 0. The highest BCUT2D eigenvalue weighted by molar-refractivity contribution is 5.86. The standard InChI is InChI=1S/C24H29NO3/c1-17(2)23-20(16-21(26)27-24(3,4)5)22(18-12-8-6-9-13-18)25(28-23)19-14-10-7-11-15-19/h6-15,17,23H,16H2,1-5H3/t23-/m1/s1. The maximum atomic E-state index is 12.7. The second-order valence-electron chi connectivity index (χ2n) is 8.40. The zero-order valence-corrected chi connectivity index (χ0v) is 17.3. The van der Waals surface area contributed by atoms with E-state index in [0.29, 0.717) is 0 Å². The van der Waals surface area contributed by atoms with Crippen molar-refractivity contribution in [2.75, 3.05) is 5.06 Å². The number of rotatable bonds is 5. The van der Waals surface area contributed by atoms with E-state index in [2.05, 4.69) is 13.8 Å². The van der Waals surface area contributed by atoms with Gasteiger partial charge in [-0.1, -0.05) is 62.4 Å². The van der Waals surface area contributed by atoms with Crippen molar-refractivity contribution in [1.29, 1.82) is 0 Å². The third kappa shape index (κ3) is 4.63. The number of ether oxygens (including phenoxy) is 1. The van der Waals surface area contributed by atoms with Gasteiger partial charge in [0.25, 0.3) is 0 Å². The van der Waals surface area contributed by atoms with Crippen LogP contribution in [0, 0.1) is 5.92 Å². The van der Waals surface area contributed by atoms with E-state index in [1.807, 2.05) is 86.5 Å². The molecule has 0 aromatic heterocycles. The first kappa shape index (κ1) is 20.2. The molecule has 0 saturated carbocycles. The van der Waals surface area contributed by atoms with E-state index in [1.165, 1.54) is 0 Å². The molecule has 0 radical (unpaired) electrons. The minimum Gasteiger partial charge on any atom is -0.460 e. The Morgan fingerprint density at radius 2 is 1.61 bits per heavy atom. The van der Waals surface area contributed by atoms with Crippen molar-refractivity contribution in [3.63, 3.8) is 0 Å². The smallest absolute Gasteiger partial charge is 0.310 e. The average molecular weight is 380 g/mol. The quantitative estimate of drug-likeness (QED) is 0.633. The third-order valence-electron chi connectivity index (χ3n) is 4.47. The minimum atomic E-state index is -0.517. The van der Waals surface area contributed by atoms with Crippen LogP contribution in [0.25, 0.3) is 5.70 Å². The van der Waals surface area contributed by atoms with Crippen LogP contribution in [0.1, 0.15) is 46.6 Å². The maximum Gasteiger partial charge on any atom is 0.310 e. The van der Waals surface area contributed by atoms with Crippen molar-refractivity contribution < 1.29 is 14.4 Å². The number of nitrogens with zero attached hydrogens (tertiary/aromatic N) is 1. The Balaban J connectivity index is 2.08. The van der Waals surface area contributed by atoms with E-state index < -0.39 is 5.60 Å². The Hall–Kier alpha value is -2.59. The van der Waals surface area contributed by atoms with E-state index in [4.69, 9.17) is 9.57 Å². The molecule has 0 N–H and O–H groups in total. The molecule has 1 atom stereocenters. The van der Waals surface area contributed by atoms with Crippen molar-refractivity contribution in [1.82, 2.24) is 0 Å². The number of hydroxylamine groups is 1. The molecule has 1 aliphatic heterocycles. The summed E-state index contributed by atoms with van der Waals surface area (Å²) in [5.74, 6) is -0.0232. The maximum absolute atomic E-state index is 12.7. The van der Waals surface area contributed by atoms with Gasteiger partial charge in [0.15, 0.2) is 0 Å². The number of esters is 1. The fourth-order valence-corrected chi connectivity index (χ4v) is 3.39. The Labute approximate surface area is 167 Å². The minimum absolute atomic E-state index is 0.192. The molecular weight excluding hydrogens is 350 g/mol. The van der Waals surface area contributed by atoms with Crippen molar-refractivity contribution in [2.45, 2.75) is 52.7 Å². The summed E-state index contributed by atoms with van der Waals surface area (Å²) >= 11 is 0. The Bertz CT molecular complexity index is 835. The van der Waals surface area contributed by atoms with Gasteiger partial charge >= 0.3 is 5.97 Å². The molecule has 1 heterocycles. The summed E-state index contributed by atoms with van der Waals surface area (Å²) in [5.41, 5.74) is 3.33. The molecule has 28 heavy (non-hydrogen) atoms. The lowest BCUT2D eigenvalue weighted by atomic mass is 9.93. The van der Waals surface area contributed by atoms with Crippen LogP contribution in [0.15, 0.2) is 66.2 Å². The van der Waals surface area contributed by atoms with Gasteiger partial charge in [0.05, 0.1) is 17.8 Å². The highest BCUT2D eigenvalue weighted by atomic mass is 16.7. The van der Waals surface area contributed by atoms with Crippen LogP contribution in [0.2, 0.25) is 0 Å². The van der Waals surface area contributed by atoms with E-state index in [1.54, 1.807) is 0 Å². The Kier molecular flexibility index (Phi) is 5.90. The molecule has 3 rings (SSSR count). The zero-order chi connectivity index (χ0) is 20.3. The summed E-state index contributed by atoms with van der Waals surface area (Å²) in [5, 5.41) is 1.86. The van der Waals surface area contributed by atoms with Crippen molar-refractivity contribution in [3.05, 3.63) is 71.8 Å². The van der Waals surface area contributed by atoms with Gasteiger partial charge in [0, 0.05) is 5.56 Å². The van der Waals surface area contributed by atoms with Crippen LogP contribution in [0.5, 0.6) is 0 Å². The lowest BCUT2D eigenvalue weighted by Gasteiger charge is -2.23. The molecule has 0 bridgehead atoms. The normalized spacial score (nSPS) is 17.4. The van der Waals surface area contributed by atoms with E-state index in [-0.39, 0.29) is 24.4 Å². The topological polar surface area (TPSA) is 38.8 Å². The van der Waals surface area contributed by atoms with Gasteiger partial charge in [0.1, 0.15) is 11.7 Å². The van der Waals surface area contributed by atoms with Gasteiger partial charge in [-0.15, -0.1) is 0 Å². The van der Waals surface area contributed by atoms with Crippen LogP contribution in [0.3, 0.4) is 0 Å². The summed E-state index contributed by atoms with van der Waals surface area (Å²) in [6, 6.07) is 20.0. The molecule has 2 aromatic carbocycles. The van der Waals surface area contributed by atoms with E-state index >= 15 is 0 Å². The largest absolute Gasteiger partial charge is 0.460 e. The second kappa shape index (κ2) is 8.19. The number of carbonyl (C=O) groups is 1. The molecule has 148 valence electrons. The predicted molar refractivity (Wildman–Crippen MR) is 112 cm³/mol. The number of carbonyl (C=O) groups excluding carboxylic acids is 1. The summed E-state index contributed by atoms with van der Waals surface area (Å²) in [6.07, 6.45) is 0.0103. The molecule has 2 aromatic rings. The lowest BCUT2D eigenvalue weighted by molar-refractivity contribution is -0.154. The average Bonchev–Trinajstić information content (AvgIpc) is 3.01. The van der Waals surface area contributed by atoms with Crippen molar-refractivity contribution in [2.24, 2.45) is 5.92 Å². The van der Waals surface area contributed by atoms with Crippen LogP contribution < -0.4 is 5.06 Å². The first-order valence-corrected chi connectivity index (χ1v) is 9.78. The van der Waals surface area contributed by atoms with Gasteiger partial charge in [0.2, 0.25) is 0 Å². The molecule has 4 heteroatoms. The highest BCUT2D eigenvalue weighted by Crippen LogP contribution is 2.41. The Morgan fingerprint density at radius 3 is 2.14 bits per heavy atom. The van der Waals surface area contributed by atoms with Crippen molar-refractivity contribution >= 4 is 17.4 Å². The van der Waals surface area contributed by atoms with Crippen LogP contribution in [-0.4, -0.2) is 17.7 Å². The molecule has 0 spiro atoms. The first-order chi connectivity index (χ1) is 13.3.